The highest BCUT2D eigenvalue weighted by molar-refractivity contribution is 5.64. The van der Waals surface area contributed by atoms with Crippen LogP contribution in [0.3, 0.4) is 0 Å². The van der Waals surface area contributed by atoms with E-state index in [0.717, 1.165) is 30.0 Å². The van der Waals surface area contributed by atoms with Gasteiger partial charge >= 0.3 is 0 Å². The van der Waals surface area contributed by atoms with Crippen LogP contribution >= 0.6 is 0 Å². The summed E-state index contributed by atoms with van der Waals surface area (Å²) in [4.78, 5) is 6.78. The molecule has 0 atom stereocenters. The molecule has 1 fully saturated rings. The Balaban J connectivity index is 1.72. The third-order valence-electron chi connectivity index (χ3n) is 3.35. The second-order valence-electron chi connectivity index (χ2n) is 4.72. The van der Waals surface area contributed by atoms with Crippen LogP contribution in [0.15, 0.2) is 12.3 Å². The average molecular weight is 234 g/mol. The highest BCUT2D eigenvalue weighted by atomic mass is 15.1. The monoisotopic (exact) mass is 234 g/mol. The van der Waals surface area contributed by atoms with Crippen molar-refractivity contribution in [2.75, 3.05) is 37.2 Å². The number of pyridine rings is 1. The topological polar surface area (TPSA) is 54.2 Å². The van der Waals surface area contributed by atoms with Crippen LogP contribution < -0.4 is 11.1 Å². The minimum absolute atomic E-state index is 0.772. The van der Waals surface area contributed by atoms with Crippen molar-refractivity contribution in [2.24, 2.45) is 0 Å². The summed E-state index contributed by atoms with van der Waals surface area (Å²) >= 11 is 0. The van der Waals surface area contributed by atoms with Crippen molar-refractivity contribution in [1.29, 1.82) is 0 Å². The second-order valence-corrected chi connectivity index (χ2v) is 4.72. The fourth-order valence-electron chi connectivity index (χ4n) is 2.23. The average Bonchev–Trinajstić information content (AvgIpc) is 2.83. The van der Waals surface area contributed by atoms with Crippen molar-refractivity contribution in [1.82, 2.24) is 9.88 Å². The van der Waals surface area contributed by atoms with Crippen molar-refractivity contribution in [3.8, 4) is 0 Å². The molecule has 2 heterocycles. The Kier molecular flexibility index (Phi) is 4.20. The molecule has 0 radical (unpaired) electrons. The molecule has 0 aromatic carbocycles. The summed E-state index contributed by atoms with van der Waals surface area (Å²) in [5.41, 5.74) is 7.81. The van der Waals surface area contributed by atoms with E-state index in [-0.39, 0.29) is 0 Å². The minimum Gasteiger partial charge on any atom is -0.396 e. The molecule has 1 saturated heterocycles. The maximum absolute atomic E-state index is 5.95. The van der Waals surface area contributed by atoms with Gasteiger partial charge in [-0.2, -0.15) is 0 Å². The molecule has 17 heavy (non-hydrogen) atoms. The molecular weight excluding hydrogens is 212 g/mol. The summed E-state index contributed by atoms with van der Waals surface area (Å²) in [5, 5.41) is 3.31. The number of nitrogen functional groups attached to an aromatic ring is 1. The number of aryl methyl sites for hydroxylation is 1. The predicted molar refractivity (Wildman–Crippen MR) is 72.2 cm³/mol. The van der Waals surface area contributed by atoms with Crippen LogP contribution in [0, 0.1) is 6.92 Å². The van der Waals surface area contributed by atoms with Gasteiger partial charge in [-0.15, -0.1) is 0 Å². The first kappa shape index (κ1) is 12.2. The Labute approximate surface area is 103 Å². The van der Waals surface area contributed by atoms with E-state index in [0.29, 0.717) is 0 Å². The molecule has 1 aromatic heterocycles. The normalized spacial score (nSPS) is 16.3. The minimum atomic E-state index is 0.772. The van der Waals surface area contributed by atoms with Gasteiger partial charge in [0.15, 0.2) is 0 Å². The van der Waals surface area contributed by atoms with Gasteiger partial charge in [0.1, 0.15) is 5.82 Å². The van der Waals surface area contributed by atoms with E-state index >= 15 is 0 Å². The van der Waals surface area contributed by atoms with Crippen LogP contribution in [0.4, 0.5) is 11.5 Å². The Morgan fingerprint density at radius 1 is 1.41 bits per heavy atom. The number of hydrogen-bond acceptors (Lipinski definition) is 4. The Hall–Kier alpha value is -1.29. The van der Waals surface area contributed by atoms with Crippen LogP contribution in [0.2, 0.25) is 0 Å². The summed E-state index contributed by atoms with van der Waals surface area (Å²) in [7, 11) is 0. The maximum atomic E-state index is 5.95. The summed E-state index contributed by atoms with van der Waals surface area (Å²) in [5.74, 6) is 0.825. The van der Waals surface area contributed by atoms with Gasteiger partial charge in [-0.05, 0) is 57.5 Å². The van der Waals surface area contributed by atoms with Gasteiger partial charge in [-0.3, -0.25) is 0 Å². The third-order valence-corrected chi connectivity index (χ3v) is 3.35. The largest absolute Gasteiger partial charge is 0.396 e. The zero-order chi connectivity index (χ0) is 12.1. The van der Waals surface area contributed by atoms with Crippen LogP contribution in [0.25, 0.3) is 0 Å². The Morgan fingerprint density at radius 2 is 2.18 bits per heavy atom. The lowest BCUT2D eigenvalue weighted by atomic mass is 10.2. The van der Waals surface area contributed by atoms with Crippen LogP contribution in [0.5, 0.6) is 0 Å². The van der Waals surface area contributed by atoms with Crippen molar-refractivity contribution < 1.29 is 0 Å². The number of likely N-dealkylation sites (tertiary alicyclic amines) is 1. The summed E-state index contributed by atoms with van der Waals surface area (Å²) in [6, 6.07) is 1.94. The van der Waals surface area contributed by atoms with E-state index in [9.17, 15) is 0 Å². The highest BCUT2D eigenvalue weighted by Gasteiger charge is 2.10. The quantitative estimate of drug-likeness (QED) is 0.764. The lowest BCUT2D eigenvalue weighted by Gasteiger charge is -2.15. The number of nitrogens with zero attached hydrogens (tertiary/aromatic N) is 2. The standard InChI is InChI=1S/C13H22N4/c1-11-5-7-16-13(12(11)14)15-6-4-10-17-8-2-3-9-17/h5,7H,2-4,6,8-10,14H2,1H3,(H,15,16). The van der Waals surface area contributed by atoms with E-state index in [1.54, 1.807) is 6.20 Å². The molecule has 1 aromatic rings. The number of aromatic nitrogens is 1. The molecule has 94 valence electrons. The van der Waals surface area contributed by atoms with E-state index in [2.05, 4.69) is 15.2 Å². The number of rotatable bonds is 5. The molecule has 0 saturated carbocycles. The summed E-state index contributed by atoms with van der Waals surface area (Å²) in [6.07, 6.45) is 5.67. The number of anilines is 2. The van der Waals surface area contributed by atoms with E-state index < -0.39 is 0 Å². The van der Waals surface area contributed by atoms with E-state index in [1.807, 2.05) is 13.0 Å². The Bertz CT molecular complexity index is 358. The lowest BCUT2D eigenvalue weighted by molar-refractivity contribution is 0.337. The van der Waals surface area contributed by atoms with Gasteiger partial charge in [0, 0.05) is 12.7 Å². The first-order valence-corrected chi connectivity index (χ1v) is 6.44. The van der Waals surface area contributed by atoms with Crippen LogP contribution in [-0.4, -0.2) is 36.1 Å². The molecule has 0 spiro atoms. The van der Waals surface area contributed by atoms with Crippen molar-refractivity contribution in [2.45, 2.75) is 26.2 Å². The molecule has 2 rings (SSSR count). The van der Waals surface area contributed by atoms with Crippen molar-refractivity contribution >= 4 is 11.5 Å². The maximum Gasteiger partial charge on any atom is 0.149 e. The first-order chi connectivity index (χ1) is 8.27. The summed E-state index contributed by atoms with van der Waals surface area (Å²) < 4.78 is 0. The number of nitrogens with two attached hydrogens (primary N) is 1. The first-order valence-electron chi connectivity index (χ1n) is 6.44. The predicted octanol–water partition coefficient (Wildman–Crippen LogP) is 1.87. The SMILES string of the molecule is Cc1ccnc(NCCCN2CCCC2)c1N. The van der Waals surface area contributed by atoms with E-state index in [1.165, 1.54) is 32.5 Å². The smallest absolute Gasteiger partial charge is 0.149 e. The molecule has 3 N–H and O–H groups in total. The van der Waals surface area contributed by atoms with Crippen LogP contribution in [0.1, 0.15) is 24.8 Å². The number of nitrogens with one attached hydrogen (secondary N) is 1. The molecule has 0 unspecified atom stereocenters. The molecule has 0 bridgehead atoms. The van der Waals surface area contributed by atoms with Gasteiger partial charge in [-0.25, -0.2) is 4.98 Å². The van der Waals surface area contributed by atoms with Gasteiger partial charge in [0.25, 0.3) is 0 Å². The Morgan fingerprint density at radius 3 is 2.94 bits per heavy atom. The van der Waals surface area contributed by atoms with Gasteiger partial charge in [-0.1, -0.05) is 0 Å². The van der Waals surface area contributed by atoms with E-state index in [4.69, 9.17) is 5.73 Å². The molecule has 1 aliphatic heterocycles. The molecule has 0 aliphatic carbocycles. The molecule has 1 aliphatic rings. The molecule has 0 amide bonds. The molecular formula is C13H22N4. The van der Waals surface area contributed by atoms with Gasteiger partial charge in [0.05, 0.1) is 5.69 Å². The fraction of sp³-hybridized carbons (Fsp3) is 0.615. The molecule has 4 heteroatoms. The van der Waals surface area contributed by atoms with Gasteiger partial charge in [0.2, 0.25) is 0 Å². The molecule has 4 nitrogen and oxygen atoms in total. The number of hydrogen-bond donors (Lipinski definition) is 2. The zero-order valence-corrected chi connectivity index (χ0v) is 10.6. The zero-order valence-electron chi connectivity index (χ0n) is 10.6. The van der Waals surface area contributed by atoms with Gasteiger partial charge < -0.3 is 16.0 Å². The highest BCUT2D eigenvalue weighted by Crippen LogP contribution is 2.18. The second kappa shape index (κ2) is 5.87. The van der Waals surface area contributed by atoms with Crippen LogP contribution in [-0.2, 0) is 0 Å². The van der Waals surface area contributed by atoms with Crippen molar-refractivity contribution in [3.05, 3.63) is 17.8 Å². The summed E-state index contributed by atoms with van der Waals surface area (Å²) in [6.45, 7) is 6.66. The third kappa shape index (κ3) is 3.33. The lowest BCUT2D eigenvalue weighted by Crippen LogP contribution is -2.22. The van der Waals surface area contributed by atoms with Crippen molar-refractivity contribution in [3.63, 3.8) is 0 Å². The fourth-order valence-corrected chi connectivity index (χ4v) is 2.23.